The van der Waals surface area contributed by atoms with Crippen LogP contribution in [0, 0.1) is 0 Å². The van der Waals surface area contributed by atoms with Gasteiger partial charge in [0.15, 0.2) is 11.6 Å². The third-order valence-electron chi connectivity index (χ3n) is 22.6. The van der Waals surface area contributed by atoms with E-state index in [1.165, 1.54) is 20.2 Å². The lowest BCUT2D eigenvalue weighted by Crippen LogP contribution is -1.96. The van der Waals surface area contributed by atoms with Gasteiger partial charge in [0, 0.05) is 140 Å². The van der Waals surface area contributed by atoms with Gasteiger partial charge in [0.2, 0.25) is 0 Å². The molecule has 0 saturated carbocycles. The van der Waals surface area contributed by atoms with Crippen LogP contribution in [-0.4, -0.2) is 29.9 Å². The number of thiophene rings is 1. The summed E-state index contributed by atoms with van der Waals surface area (Å²) in [5.74, 6) is 1.35. The van der Waals surface area contributed by atoms with Crippen LogP contribution in [0.4, 0.5) is 0 Å². The van der Waals surface area contributed by atoms with Crippen molar-refractivity contribution >= 4 is 141 Å². The van der Waals surface area contributed by atoms with E-state index in [0.29, 0.717) is 11.6 Å². The summed E-state index contributed by atoms with van der Waals surface area (Å²) in [6.07, 6.45) is 0. The first kappa shape index (κ1) is 66.4. The molecule has 16 aromatic carbocycles. The summed E-state index contributed by atoms with van der Waals surface area (Å²) >= 11 is 1.81. The Morgan fingerprint density at radius 1 is 0.181 bits per heavy atom. The Morgan fingerprint density at radius 2 is 0.534 bits per heavy atom. The minimum absolute atomic E-state index is 0.638. The predicted octanol–water partition coefficient (Wildman–Crippen LogP) is 29.1. The number of hydrogen-bond acceptors (Lipinski definition) is 10. The Balaban J connectivity index is 0.000000137. The molecule has 0 bridgehead atoms. The van der Waals surface area contributed by atoms with Crippen LogP contribution in [-0.2, 0) is 0 Å². The Hall–Kier alpha value is -15.4. The van der Waals surface area contributed by atoms with Gasteiger partial charge in [-0.05, 0) is 90.0 Å². The molecule has 0 radical (unpaired) electrons. The molecule has 8 aromatic heterocycles. The highest BCUT2D eigenvalue weighted by Gasteiger charge is 2.24. The molecule has 24 rings (SSSR count). The third-order valence-corrected chi connectivity index (χ3v) is 23.7. The van der Waals surface area contributed by atoms with E-state index < -0.39 is 0 Å². The van der Waals surface area contributed by atoms with E-state index in [4.69, 9.17) is 43.2 Å². The fraction of sp³-hybridized carbons (Fsp3) is 0. The average Bonchev–Trinajstić information content (AvgIpc) is 1.40. The van der Waals surface area contributed by atoms with Crippen molar-refractivity contribution < 1.29 is 13.3 Å². The van der Waals surface area contributed by atoms with Crippen molar-refractivity contribution in [1.82, 2.24) is 29.9 Å². The van der Waals surface area contributed by atoms with Crippen LogP contribution in [0.5, 0.6) is 0 Å². The Labute approximate surface area is 668 Å². The maximum absolute atomic E-state index is 6.40. The first-order valence-electron chi connectivity index (χ1n) is 38.9. The number of pyridine rings is 2. The summed E-state index contributed by atoms with van der Waals surface area (Å²) in [5, 5.41) is 15.7. The van der Waals surface area contributed by atoms with E-state index in [1.54, 1.807) is 0 Å². The fourth-order valence-corrected chi connectivity index (χ4v) is 18.3. The van der Waals surface area contributed by atoms with Gasteiger partial charge in [-0.3, -0.25) is 0 Å². The first-order valence-corrected chi connectivity index (χ1v) is 39.7. The van der Waals surface area contributed by atoms with Gasteiger partial charge < -0.3 is 13.3 Å². The van der Waals surface area contributed by atoms with Gasteiger partial charge in [-0.15, -0.1) is 11.3 Å². The van der Waals surface area contributed by atoms with Crippen LogP contribution < -0.4 is 0 Å². The molecule has 0 aliphatic rings. The molecule has 24 aromatic rings. The fourth-order valence-electron chi connectivity index (χ4n) is 17.2. The van der Waals surface area contributed by atoms with E-state index in [2.05, 4.69) is 297 Å². The van der Waals surface area contributed by atoms with E-state index >= 15 is 0 Å². The predicted molar refractivity (Wildman–Crippen MR) is 479 cm³/mol. The van der Waals surface area contributed by atoms with Crippen LogP contribution in [0.3, 0.4) is 0 Å². The Bertz CT molecular complexity index is 8060. The highest BCUT2D eigenvalue weighted by atomic mass is 32.1. The topological polar surface area (TPSA) is 117 Å². The van der Waals surface area contributed by atoms with Crippen molar-refractivity contribution in [1.29, 1.82) is 0 Å². The van der Waals surface area contributed by atoms with Crippen molar-refractivity contribution in [3.05, 3.63) is 376 Å². The number of aromatic nitrogens is 6. The quantitative estimate of drug-likeness (QED) is 0.123. The molecular weight excluding hydrogens is 1440 g/mol. The summed E-state index contributed by atoms with van der Waals surface area (Å²) < 4.78 is 21.5. The molecule has 10 heteroatoms. The second-order valence-corrected chi connectivity index (χ2v) is 30.5. The normalized spacial score (nSPS) is 11.8. The van der Waals surface area contributed by atoms with Crippen molar-refractivity contribution in [3.63, 3.8) is 0 Å². The molecule has 0 unspecified atom stereocenters. The van der Waals surface area contributed by atoms with E-state index in [9.17, 15) is 0 Å². The van der Waals surface area contributed by atoms with Gasteiger partial charge in [0.1, 0.15) is 33.5 Å². The summed E-state index contributed by atoms with van der Waals surface area (Å²) in [6.45, 7) is 0. The molecule has 540 valence electrons. The van der Waals surface area contributed by atoms with E-state index in [1.807, 2.05) is 90.2 Å². The average molecular weight is 1500 g/mol. The molecule has 0 spiro atoms. The second-order valence-electron chi connectivity index (χ2n) is 29.4. The lowest BCUT2D eigenvalue weighted by molar-refractivity contribution is 0.668. The molecule has 0 aliphatic heterocycles. The number of hydrogen-bond donors (Lipinski definition) is 0. The van der Waals surface area contributed by atoms with E-state index in [0.717, 1.165) is 210 Å². The second kappa shape index (κ2) is 27.2. The van der Waals surface area contributed by atoms with Gasteiger partial charge in [-0.25, -0.2) is 29.9 Å². The highest BCUT2D eigenvalue weighted by Crippen LogP contribution is 2.48. The number of benzene rings is 16. The smallest absolute Gasteiger partial charge is 0.161 e. The largest absolute Gasteiger partial charge is 0.456 e. The zero-order valence-corrected chi connectivity index (χ0v) is 62.9. The zero-order chi connectivity index (χ0) is 76.3. The van der Waals surface area contributed by atoms with Crippen LogP contribution in [0.15, 0.2) is 389 Å². The van der Waals surface area contributed by atoms with Crippen molar-refractivity contribution in [2.45, 2.75) is 0 Å². The molecular formula is C106H62N6O3S. The number of furan rings is 3. The van der Waals surface area contributed by atoms with Gasteiger partial charge in [0.25, 0.3) is 0 Å². The first-order chi connectivity index (χ1) is 57.5. The SMILES string of the molecule is c1ccc(-c2cc(-c3ccc(-c4cccc5c4nc(-c4ccccc4)c4ccc6oc7ccccc7c6c45)cc3)nc(-c3ccc4c(c3)oc3ccccc34)n2)cc1.c1ccc(-c2cc(-c3ccc(-c4cccc5c4nc(-c4ccccc4)c4ccc6oc7ccccc7c6c45)cc3)nc(-c3cccc4sc5ccccc5c34)n2)cc1. The van der Waals surface area contributed by atoms with Crippen LogP contribution in [0.25, 0.3) is 242 Å². The van der Waals surface area contributed by atoms with Gasteiger partial charge in [0.05, 0.1) is 45.2 Å². The number of nitrogens with zero attached hydrogens (tertiary/aromatic N) is 6. The summed E-state index contributed by atoms with van der Waals surface area (Å²) in [5.41, 5.74) is 24.8. The molecule has 0 fully saturated rings. The van der Waals surface area contributed by atoms with E-state index in [-0.39, 0.29) is 0 Å². The zero-order valence-electron chi connectivity index (χ0n) is 62.1. The Kier molecular flexibility index (Phi) is 15.6. The monoisotopic (exact) mass is 1500 g/mol. The standard InChI is InChI=1S/C53H31N3O2.C53H31N3OS/c1-3-12-33(13-4-1)43-31-44(55-53(54-43)36-26-27-39-38-16-7-9-20-45(38)58-48(39)30-36)34-24-22-32(23-25-34)37-18-11-19-41-49-42(51(56-52(37)41)35-14-5-2-6-15-35)28-29-47-50(49)40-17-8-10-21-46(40)57-47;1-3-13-33(14-4-1)42-31-43(55-53(54-42)41-21-12-24-47-48(41)38-18-8-10-23-46(38)58-47)34-27-25-32(26-28-34)36-19-11-20-39-49-40(51(56-52(36)39)35-15-5-2-6-16-35)29-30-45-50(49)37-17-7-9-22-44(37)57-45/h2*1-31H. The van der Waals surface area contributed by atoms with Crippen molar-refractivity contribution in [3.8, 4) is 113 Å². The lowest BCUT2D eigenvalue weighted by atomic mass is 9.93. The molecule has 0 aliphatic carbocycles. The van der Waals surface area contributed by atoms with Gasteiger partial charge in [-0.1, -0.05) is 297 Å². The molecule has 0 saturated heterocycles. The molecule has 9 nitrogen and oxygen atoms in total. The lowest BCUT2D eigenvalue weighted by Gasteiger charge is -2.14. The highest BCUT2D eigenvalue weighted by molar-refractivity contribution is 7.26. The minimum atomic E-state index is 0.638. The van der Waals surface area contributed by atoms with Crippen LogP contribution in [0.1, 0.15) is 0 Å². The molecule has 0 N–H and O–H groups in total. The van der Waals surface area contributed by atoms with Gasteiger partial charge >= 0.3 is 0 Å². The Morgan fingerprint density at radius 3 is 1.04 bits per heavy atom. The third kappa shape index (κ3) is 11.2. The van der Waals surface area contributed by atoms with Crippen LogP contribution in [0.2, 0.25) is 0 Å². The molecule has 8 heterocycles. The molecule has 0 amide bonds. The molecule has 116 heavy (non-hydrogen) atoms. The maximum Gasteiger partial charge on any atom is 0.161 e. The summed E-state index contributed by atoms with van der Waals surface area (Å²) in [7, 11) is 0. The van der Waals surface area contributed by atoms with Crippen molar-refractivity contribution in [2.24, 2.45) is 0 Å². The minimum Gasteiger partial charge on any atom is -0.456 e. The van der Waals surface area contributed by atoms with Crippen molar-refractivity contribution in [2.75, 3.05) is 0 Å². The van der Waals surface area contributed by atoms with Crippen LogP contribution >= 0.6 is 11.3 Å². The molecule has 0 atom stereocenters. The van der Waals surface area contributed by atoms with Gasteiger partial charge in [-0.2, -0.15) is 0 Å². The number of rotatable bonds is 10. The number of fused-ring (bicyclic) bond motifs is 20. The summed E-state index contributed by atoms with van der Waals surface area (Å²) in [4.78, 5) is 31.7. The number of para-hydroxylation sites is 5. The maximum atomic E-state index is 6.40. The summed E-state index contributed by atoms with van der Waals surface area (Å²) in [6, 6.07) is 131.